The summed E-state index contributed by atoms with van der Waals surface area (Å²) >= 11 is 0. The van der Waals surface area contributed by atoms with Crippen LogP contribution in [-0.4, -0.2) is 64.2 Å². The Labute approximate surface area is 183 Å². The summed E-state index contributed by atoms with van der Waals surface area (Å²) in [5.74, 6) is 2.54. The molecule has 3 aliphatic rings. The van der Waals surface area contributed by atoms with Crippen LogP contribution in [0.4, 0.5) is 0 Å². The van der Waals surface area contributed by atoms with Crippen LogP contribution in [-0.2, 0) is 4.79 Å². The number of carbonyl (C=O) groups is 1. The molecule has 5 rings (SSSR count). The van der Waals surface area contributed by atoms with Crippen molar-refractivity contribution in [3.8, 4) is 17.1 Å². The highest BCUT2D eigenvalue weighted by molar-refractivity contribution is 5.79. The van der Waals surface area contributed by atoms with E-state index in [9.17, 15) is 4.79 Å². The molecule has 1 aromatic carbocycles. The third kappa shape index (κ3) is 4.61. The zero-order valence-corrected chi connectivity index (χ0v) is 18.3. The lowest BCUT2D eigenvalue weighted by Gasteiger charge is -2.43. The summed E-state index contributed by atoms with van der Waals surface area (Å²) in [6, 6.07) is 8.62. The lowest BCUT2D eigenvalue weighted by molar-refractivity contribution is -0.139. The molecule has 0 N–H and O–H groups in total. The summed E-state index contributed by atoms with van der Waals surface area (Å²) in [6.45, 7) is 5.68. The van der Waals surface area contributed by atoms with Crippen LogP contribution in [0.25, 0.3) is 11.4 Å². The third-order valence-electron chi connectivity index (χ3n) is 7.18. The number of hydrogen-bond acceptors (Lipinski definition) is 6. The van der Waals surface area contributed by atoms with E-state index in [1.807, 2.05) is 24.3 Å². The van der Waals surface area contributed by atoms with Crippen LogP contribution in [0, 0.1) is 12.8 Å². The average Bonchev–Trinajstić information content (AvgIpc) is 3.20. The van der Waals surface area contributed by atoms with Crippen molar-refractivity contribution in [2.45, 2.75) is 64.0 Å². The standard InChI is InChI=1S/C24H32N4O3/c1-17-25-23(26-31-17)18-5-9-21(10-6-18)30-22-11-7-19(8-12-22)24(29)28-15-13-27(14-16-28)20-3-2-4-20/h5-6,9-10,19-20,22H,2-4,7-8,11-16H2,1H3. The van der Waals surface area contributed by atoms with Crippen molar-refractivity contribution >= 4 is 5.91 Å². The molecule has 2 aliphatic carbocycles. The predicted octanol–water partition coefficient (Wildman–Crippen LogP) is 3.68. The van der Waals surface area contributed by atoms with Gasteiger partial charge in [-0.3, -0.25) is 9.69 Å². The molecule has 31 heavy (non-hydrogen) atoms. The summed E-state index contributed by atoms with van der Waals surface area (Å²) in [5, 5.41) is 3.95. The van der Waals surface area contributed by atoms with Crippen molar-refractivity contribution in [1.29, 1.82) is 0 Å². The molecule has 0 unspecified atom stereocenters. The molecule has 7 nitrogen and oxygen atoms in total. The molecule has 3 fully saturated rings. The molecule has 1 saturated heterocycles. The number of aryl methyl sites for hydroxylation is 1. The minimum absolute atomic E-state index is 0.166. The van der Waals surface area contributed by atoms with Gasteiger partial charge >= 0.3 is 0 Å². The van der Waals surface area contributed by atoms with E-state index in [1.165, 1.54) is 19.3 Å². The number of piperazine rings is 1. The zero-order valence-electron chi connectivity index (χ0n) is 18.3. The number of nitrogens with zero attached hydrogens (tertiary/aromatic N) is 4. The second-order valence-electron chi connectivity index (χ2n) is 9.20. The highest BCUT2D eigenvalue weighted by atomic mass is 16.5. The maximum Gasteiger partial charge on any atom is 0.225 e. The van der Waals surface area contributed by atoms with Crippen LogP contribution in [0.2, 0.25) is 0 Å². The fourth-order valence-corrected chi connectivity index (χ4v) is 5.04. The van der Waals surface area contributed by atoms with Gasteiger partial charge in [-0.1, -0.05) is 11.6 Å². The zero-order chi connectivity index (χ0) is 21.2. The van der Waals surface area contributed by atoms with Gasteiger partial charge in [0.05, 0.1) is 6.10 Å². The number of aromatic nitrogens is 2. The lowest BCUT2D eigenvalue weighted by Crippen LogP contribution is -2.54. The maximum absolute atomic E-state index is 13.0. The quantitative estimate of drug-likeness (QED) is 0.729. The normalized spacial score (nSPS) is 25.3. The second-order valence-corrected chi connectivity index (χ2v) is 9.20. The van der Waals surface area contributed by atoms with Crippen molar-refractivity contribution < 1.29 is 14.1 Å². The van der Waals surface area contributed by atoms with E-state index in [4.69, 9.17) is 9.26 Å². The summed E-state index contributed by atoms with van der Waals surface area (Å²) in [6.07, 6.45) is 7.96. The van der Waals surface area contributed by atoms with Crippen LogP contribution in [0.5, 0.6) is 5.75 Å². The molecule has 0 atom stereocenters. The predicted molar refractivity (Wildman–Crippen MR) is 117 cm³/mol. The number of carbonyl (C=O) groups excluding carboxylic acids is 1. The molecule has 0 radical (unpaired) electrons. The molecule has 1 amide bonds. The van der Waals surface area contributed by atoms with Crippen LogP contribution < -0.4 is 4.74 Å². The van der Waals surface area contributed by atoms with E-state index in [0.717, 1.165) is 69.2 Å². The highest BCUT2D eigenvalue weighted by Crippen LogP contribution is 2.31. The summed E-state index contributed by atoms with van der Waals surface area (Å²) in [5.41, 5.74) is 0.913. The Kier molecular flexibility index (Phi) is 5.94. The fourth-order valence-electron chi connectivity index (χ4n) is 5.04. The van der Waals surface area contributed by atoms with Crippen molar-refractivity contribution in [3.63, 3.8) is 0 Å². The van der Waals surface area contributed by atoms with Gasteiger partial charge in [-0.2, -0.15) is 4.98 Å². The van der Waals surface area contributed by atoms with Gasteiger partial charge in [0, 0.05) is 50.6 Å². The Morgan fingerprint density at radius 2 is 1.71 bits per heavy atom. The Balaban J connectivity index is 1.08. The molecule has 2 heterocycles. The molecule has 166 valence electrons. The van der Waals surface area contributed by atoms with Crippen LogP contribution >= 0.6 is 0 Å². The monoisotopic (exact) mass is 424 g/mol. The number of rotatable bonds is 5. The first-order chi connectivity index (χ1) is 15.2. The van der Waals surface area contributed by atoms with Crippen LogP contribution in [0.3, 0.4) is 0 Å². The van der Waals surface area contributed by atoms with Gasteiger partial charge in [0.1, 0.15) is 5.75 Å². The van der Waals surface area contributed by atoms with Crippen LogP contribution in [0.15, 0.2) is 28.8 Å². The summed E-state index contributed by atoms with van der Waals surface area (Å²) in [7, 11) is 0. The Morgan fingerprint density at radius 3 is 2.29 bits per heavy atom. The number of ether oxygens (including phenoxy) is 1. The summed E-state index contributed by atoms with van der Waals surface area (Å²) < 4.78 is 11.2. The maximum atomic E-state index is 13.0. The van der Waals surface area contributed by atoms with E-state index < -0.39 is 0 Å². The second kappa shape index (κ2) is 8.99. The van der Waals surface area contributed by atoms with E-state index >= 15 is 0 Å². The first-order valence-electron chi connectivity index (χ1n) is 11.8. The Morgan fingerprint density at radius 1 is 1.00 bits per heavy atom. The Bertz CT molecular complexity index is 876. The van der Waals surface area contributed by atoms with Gasteiger partial charge in [-0.15, -0.1) is 0 Å². The molecule has 0 spiro atoms. The van der Waals surface area contributed by atoms with E-state index in [2.05, 4.69) is 19.9 Å². The highest BCUT2D eigenvalue weighted by Gasteiger charge is 2.33. The van der Waals surface area contributed by atoms with E-state index in [1.54, 1.807) is 6.92 Å². The first kappa shape index (κ1) is 20.5. The smallest absolute Gasteiger partial charge is 0.225 e. The largest absolute Gasteiger partial charge is 0.490 e. The molecule has 0 bridgehead atoms. The van der Waals surface area contributed by atoms with Crippen molar-refractivity contribution in [3.05, 3.63) is 30.2 Å². The van der Waals surface area contributed by atoms with Gasteiger partial charge in [0.25, 0.3) is 0 Å². The topological polar surface area (TPSA) is 71.7 Å². The van der Waals surface area contributed by atoms with Crippen LogP contribution in [0.1, 0.15) is 50.8 Å². The van der Waals surface area contributed by atoms with Gasteiger partial charge in [0.15, 0.2) is 0 Å². The molecule has 1 aliphatic heterocycles. The van der Waals surface area contributed by atoms with E-state index in [-0.39, 0.29) is 12.0 Å². The molecular formula is C24H32N4O3. The lowest BCUT2D eigenvalue weighted by atomic mass is 9.86. The minimum Gasteiger partial charge on any atom is -0.490 e. The SMILES string of the molecule is Cc1nc(-c2ccc(OC3CCC(C(=O)N4CCN(C5CCC5)CC4)CC3)cc2)no1. The van der Waals surface area contributed by atoms with Gasteiger partial charge in [0.2, 0.25) is 17.6 Å². The number of hydrogen-bond donors (Lipinski definition) is 0. The van der Waals surface area contributed by atoms with Crippen molar-refractivity contribution in [2.75, 3.05) is 26.2 Å². The number of benzene rings is 1. The molecule has 2 saturated carbocycles. The summed E-state index contributed by atoms with van der Waals surface area (Å²) in [4.78, 5) is 21.9. The van der Waals surface area contributed by atoms with Gasteiger partial charge < -0.3 is 14.2 Å². The average molecular weight is 425 g/mol. The first-order valence-corrected chi connectivity index (χ1v) is 11.8. The molecule has 1 aromatic heterocycles. The molecule has 2 aromatic rings. The molecular weight excluding hydrogens is 392 g/mol. The van der Waals surface area contributed by atoms with E-state index in [0.29, 0.717) is 17.6 Å². The Hall–Kier alpha value is -2.41. The number of amides is 1. The third-order valence-corrected chi connectivity index (χ3v) is 7.18. The van der Waals surface area contributed by atoms with Gasteiger partial charge in [-0.25, -0.2) is 0 Å². The van der Waals surface area contributed by atoms with Crippen molar-refractivity contribution in [2.24, 2.45) is 5.92 Å². The van der Waals surface area contributed by atoms with Crippen molar-refractivity contribution in [1.82, 2.24) is 19.9 Å². The van der Waals surface area contributed by atoms with Gasteiger partial charge in [-0.05, 0) is 62.8 Å². The minimum atomic E-state index is 0.166. The fraction of sp³-hybridized carbons (Fsp3) is 0.625. The molecule has 7 heteroatoms.